The van der Waals surface area contributed by atoms with Crippen LogP contribution in [0.2, 0.25) is 0 Å². The third-order valence-corrected chi connectivity index (χ3v) is 2.72. The van der Waals surface area contributed by atoms with Gasteiger partial charge in [-0.25, -0.2) is 9.78 Å². The van der Waals surface area contributed by atoms with E-state index in [0.29, 0.717) is 12.1 Å². The maximum Gasteiger partial charge on any atom is 0.328 e. The molecule has 0 atom stereocenters. The second kappa shape index (κ2) is 5.51. The smallest absolute Gasteiger partial charge is 0.328 e. The summed E-state index contributed by atoms with van der Waals surface area (Å²) in [5, 5.41) is 3.11. The molecule has 2 rings (SSSR count). The molecule has 2 aromatic heterocycles. The number of aromatic nitrogens is 3. The maximum absolute atomic E-state index is 11.7. The topological polar surface area (TPSA) is 79.8 Å². The van der Waals surface area contributed by atoms with E-state index in [1.54, 1.807) is 19.3 Å². The molecule has 2 heterocycles. The Morgan fingerprint density at radius 1 is 1.42 bits per heavy atom. The van der Waals surface area contributed by atoms with Gasteiger partial charge in [0.1, 0.15) is 5.82 Å². The molecule has 0 radical (unpaired) electrons. The third-order valence-electron chi connectivity index (χ3n) is 2.72. The van der Waals surface area contributed by atoms with Crippen LogP contribution in [-0.4, -0.2) is 21.1 Å². The quantitative estimate of drug-likeness (QED) is 0.849. The molecule has 100 valence electrons. The predicted molar refractivity (Wildman–Crippen MR) is 73.6 cm³/mol. The highest BCUT2D eigenvalue weighted by molar-refractivity contribution is 5.37. The lowest BCUT2D eigenvalue weighted by Gasteiger charge is -2.08. The van der Waals surface area contributed by atoms with Gasteiger partial charge in [-0.3, -0.25) is 14.3 Å². The fourth-order valence-corrected chi connectivity index (χ4v) is 1.78. The van der Waals surface area contributed by atoms with Crippen LogP contribution in [0.5, 0.6) is 0 Å². The van der Waals surface area contributed by atoms with Gasteiger partial charge in [-0.1, -0.05) is 0 Å². The molecular weight excluding hydrogens is 244 g/mol. The first-order valence-electron chi connectivity index (χ1n) is 6.09. The first kappa shape index (κ1) is 13.1. The molecular formula is C13H16N4O2. The second-order valence-electron chi connectivity index (χ2n) is 4.28. The van der Waals surface area contributed by atoms with Gasteiger partial charge in [0.15, 0.2) is 0 Å². The largest absolute Gasteiger partial charge is 0.370 e. The molecule has 0 aliphatic rings. The van der Waals surface area contributed by atoms with Gasteiger partial charge in [-0.15, -0.1) is 0 Å². The first-order valence-corrected chi connectivity index (χ1v) is 6.09. The summed E-state index contributed by atoms with van der Waals surface area (Å²) in [7, 11) is 0. The number of nitrogens with zero attached hydrogens (tertiary/aromatic N) is 2. The van der Waals surface area contributed by atoms with Crippen LogP contribution in [0, 0.1) is 6.92 Å². The minimum absolute atomic E-state index is 0.343. The fourth-order valence-electron chi connectivity index (χ4n) is 1.78. The van der Waals surface area contributed by atoms with Gasteiger partial charge in [-0.05, 0) is 31.5 Å². The van der Waals surface area contributed by atoms with Crippen molar-refractivity contribution in [2.24, 2.45) is 0 Å². The molecule has 0 aliphatic heterocycles. The molecule has 0 fully saturated rings. The highest BCUT2D eigenvalue weighted by atomic mass is 16.2. The summed E-state index contributed by atoms with van der Waals surface area (Å²) in [5.74, 6) is 0.772. The number of rotatable bonds is 4. The van der Waals surface area contributed by atoms with Crippen LogP contribution in [0.25, 0.3) is 0 Å². The van der Waals surface area contributed by atoms with Crippen molar-refractivity contribution < 1.29 is 0 Å². The molecule has 0 amide bonds. The van der Waals surface area contributed by atoms with Crippen molar-refractivity contribution in [3.05, 3.63) is 56.5 Å². The molecule has 0 bridgehead atoms. The predicted octanol–water partition coefficient (Wildman–Crippen LogP) is 0.720. The summed E-state index contributed by atoms with van der Waals surface area (Å²) in [5.41, 5.74) is 0.710. The molecule has 0 spiro atoms. The SMILES string of the molecule is CCNc1cc(Cn2cc(C)c(=O)[nH]c2=O)ccn1. The van der Waals surface area contributed by atoms with Crippen molar-refractivity contribution >= 4 is 5.82 Å². The first-order chi connectivity index (χ1) is 9.10. The Hall–Kier alpha value is -2.37. The zero-order chi connectivity index (χ0) is 13.8. The number of pyridine rings is 1. The second-order valence-corrected chi connectivity index (χ2v) is 4.28. The Labute approximate surface area is 110 Å². The van der Waals surface area contributed by atoms with Gasteiger partial charge in [0.05, 0.1) is 6.54 Å². The lowest BCUT2D eigenvalue weighted by Crippen LogP contribution is -2.31. The van der Waals surface area contributed by atoms with E-state index in [9.17, 15) is 9.59 Å². The summed E-state index contributed by atoms with van der Waals surface area (Å²) >= 11 is 0. The summed E-state index contributed by atoms with van der Waals surface area (Å²) in [6.07, 6.45) is 3.26. The average Bonchev–Trinajstić information content (AvgIpc) is 2.37. The number of anilines is 1. The summed E-state index contributed by atoms with van der Waals surface area (Å²) in [4.78, 5) is 29.4. The molecule has 6 heteroatoms. The van der Waals surface area contributed by atoms with Crippen molar-refractivity contribution in [2.75, 3.05) is 11.9 Å². The van der Waals surface area contributed by atoms with Crippen LogP contribution in [0.1, 0.15) is 18.1 Å². The molecule has 0 saturated carbocycles. The number of aromatic amines is 1. The van der Waals surface area contributed by atoms with Crippen LogP contribution in [-0.2, 0) is 6.54 Å². The molecule has 0 aromatic carbocycles. The number of aryl methyl sites for hydroxylation is 1. The molecule has 0 saturated heterocycles. The molecule has 2 aromatic rings. The number of hydrogen-bond donors (Lipinski definition) is 2. The van der Waals surface area contributed by atoms with Gasteiger partial charge in [-0.2, -0.15) is 0 Å². The van der Waals surface area contributed by atoms with Gasteiger partial charge in [0.25, 0.3) is 5.56 Å². The zero-order valence-corrected chi connectivity index (χ0v) is 10.9. The molecule has 0 aliphatic carbocycles. The summed E-state index contributed by atoms with van der Waals surface area (Å²) < 4.78 is 1.47. The van der Waals surface area contributed by atoms with Crippen molar-refractivity contribution in [1.29, 1.82) is 0 Å². The maximum atomic E-state index is 11.7. The van der Waals surface area contributed by atoms with E-state index in [-0.39, 0.29) is 5.56 Å². The molecule has 2 N–H and O–H groups in total. The van der Waals surface area contributed by atoms with Gasteiger partial charge >= 0.3 is 5.69 Å². The Balaban J connectivity index is 2.31. The lowest BCUT2D eigenvalue weighted by atomic mass is 10.2. The number of hydrogen-bond acceptors (Lipinski definition) is 4. The van der Waals surface area contributed by atoms with E-state index in [4.69, 9.17) is 0 Å². The Morgan fingerprint density at radius 2 is 2.21 bits per heavy atom. The van der Waals surface area contributed by atoms with E-state index in [0.717, 1.165) is 17.9 Å². The molecule has 6 nitrogen and oxygen atoms in total. The van der Waals surface area contributed by atoms with Crippen molar-refractivity contribution in [3.63, 3.8) is 0 Å². The van der Waals surface area contributed by atoms with E-state index in [1.165, 1.54) is 4.57 Å². The standard InChI is InChI=1S/C13H16N4O2/c1-3-14-11-6-10(4-5-15-11)8-17-7-9(2)12(18)16-13(17)19/h4-7H,3,8H2,1-2H3,(H,14,15)(H,16,18,19). The van der Waals surface area contributed by atoms with Gasteiger partial charge in [0, 0.05) is 24.5 Å². The minimum atomic E-state index is -0.405. The minimum Gasteiger partial charge on any atom is -0.370 e. The van der Waals surface area contributed by atoms with Crippen molar-refractivity contribution in [3.8, 4) is 0 Å². The Morgan fingerprint density at radius 3 is 2.95 bits per heavy atom. The third kappa shape index (κ3) is 3.09. The normalized spacial score (nSPS) is 10.4. The summed E-state index contributed by atoms with van der Waals surface area (Å²) in [6.45, 7) is 4.85. The summed E-state index contributed by atoms with van der Waals surface area (Å²) in [6, 6.07) is 3.73. The van der Waals surface area contributed by atoms with Crippen molar-refractivity contribution in [2.45, 2.75) is 20.4 Å². The molecule has 19 heavy (non-hydrogen) atoms. The van der Waals surface area contributed by atoms with Crippen LogP contribution in [0.3, 0.4) is 0 Å². The fraction of sp³-hybridized carbons (Fsp3) is 0.308. The van der Waals surface area contributed by atoms with E-state index in [1.807, 2.05) is 19.1 Å². The van der Waals surface area contributed by atoms with Gasteiger partial charge in [0.2, 0.25) is 0 Å². The molecule has 0 unspecified atom stereocenters. The van der Waals surface area contributed by atoms with Crippen LogP contribution in [0.4, 0.5) is 5.82 Å². The van der Waals surface area contributed by atoms with E-state index < -0.39 is 5.69 Å². The monoisotopic (exact) mass is 260 g/mol. The van der Waals surface area contributed by atoms with Gasteiger partial charge < -0.3 is 5.32 Å². The van der Waals surface area contributed by atoms with Crippen LogP contribution < -0.4 is 16.6 Å². The Kier molecular flexibility index (Phi) is 3.79. The lowest BCUT2D eigenvalue weighted by molar-refractivity contribution is 0.713. The van der Waals surface area contributed by atoms with Crippen molar-refractivity contribution in [1.82, 2.24) is 14.5 Å². The number of nitrogens with one attached hydrogen (secondary N) is 2. The van der Waals surface area contributed by atoms with E-state index in [2.05, 4.69) is 15.3 Å². The highest BCUT2D eigenvalue weighted by Gasteiger charge is 2.03. The van der Waals surface area contributed by atoms with E-state index >= 15 is 0 Å². The number of H-pyrrole nitrogens is 1. The van der Waals surface area contributed by atoms with Crippen LogP contribution >= 0.6 is 0 Å². The Bertz CT molecular complexity index is 688. The average molecular weight is 260 g/mol. The highest BCUT2D eigenvalue weighted by Crippen LogP contribution is 2.07. The van der Waals surface area contributed by atoms with Crippen LogP contribution in [0.15, 0.2) is 34.1 Å². The zero-order valence-electron chi connectivity index (χ0n) is 10.9.